The number of nitrogens with one attached hydrogen (secondary N) is 13. The van der Waals surface area contributed by atoms with E-state index in [4.69, 9.17) is 22.8 Å². The number of anilines is 3. The van der Waals surface area contributed by atoms with Crippen LogP contribution in [0.5, 0.6) is 0 Å². The Labute approximate surface area is 697 Å². The first-order valence-corrected chi connectivity index (χ1v) is 49.4. The van der Waals surface area contributed by atoms with E-state index in [1.54, 1.807) is 46.0 Å². The largest absolute Gasteiger partial charge is 0.436 e. The molecule has 35 heteroatoms. The molecular formula is C80H164N18O13Si4. The maximum atomic E-state index is 14.3. The normalized spacial score (nSPS) is 20.2. The first-order chi connectivity index (χ1) is 49.4. The number of carbonyl (C=O) groups excluding carboxylic acids is 6. The van der Waals surface area contributed by atoms with E-state index in [0.29, 0.717) is 81.3 Å². The molecule has 3 aromatic rings. The van der Waals surface area contributed by atoms with Gasteiger partial charge in [-0.2, -0.15) is 0 Å². The van der Waals surface area contributed by atoms with Gasteiger partial charge in [0, 0.05) is 120 Å². The van der Waals surface area contributed by atoms with E-state index >= 15 is 0 Å². The number of aromatic nitrogens is 5. The lowest BCUT2D eigenvalue weighted by Crippen LogP contribution is -2.55. The van der Waals surface area contributed by atoms with Crippen molar-refractivity contribution in [3.8, 4) is 0 Å². The molecule has 0 saturated heterocycles. The molecule has 3 saturated carbocycles. The summed E-state index contributed by atoms with van der Waals surface area (Å²) in [6, 6.07) is 5.17. The highest BCUT2D eigenvalue weighted by Crippen LogP contribution is 2.48. The molecule has 3 aromatic heterocycles. The Bertz CT molecular complexity index is 3670. The zero-order valence-corrected chi connectivity index (χ0v) is 72.3. The molecule has 3 aliphatic carbocycles. The van der Waals surface area contributed by atoms with Gasteiger partial charge in [0.1, 0.15) is 5.82 Å². The molecule has 3 heterocycles. The zero-order valence-electron chi connectivity index (χ0n) is 68.3. The molecule has 6 atom stereocenters. The number of urea groups is 5. The minimum Gasteiger partial charge on any atom is -0.436 e. The molecule has 668 valence electrons. The van der Waals surface area contributed by atoms with Crippen LogP contribution in [0, 0.1) is 53.3 Å². The van der Waals surface area contributed by atoms with Crippen molar-refractivity contribution in [3.63, 3.8) is 0 Å². The SMILES string of the molecule is C.C.C.C.C.C.C.C.CO[Si](C)(C)O[Si](C)(C)CCCN(CCNC(=O)NC1CC(C)(C)CC(C)(CNC(=O)Nc2cc(=O)cc(C)[nH]2)C1)C(=O)NC1CC(C)(C)CC(C)(CNC(=O)Nc2nc(C)cc(=O)[nH]2)C1.CO[Si](C)(C)O[Si](C)(C)CCCNCCN.Cc1cc(=O)[nH]c(NC(=O)NCC2(C)CC(N=C=O)CC(C)(C)C2)n1. The number of isocyanates is 1. The van der Waals surface area contributed by atoms with Crippen LogP contribution in [-0.4, -0.2) is 191 Å². The standard InChI is InChI=1S/C45H79N11O8Si2.C17H25N5O3.C10H28N2O2Si2.8CH4/c1-30-19-34(57)21-35(49-30)53-39(60)47-28-44(7)24-32(22-42(3,4)26-44)51-38(59)46-15-17-56(16-14-18-65(10,11)64-66(12,13)63-9)41(62)52-33-23-43(5,6)27-45(8,25-33)29-48-40(61)55-37-50-31(2)20-36(58)54-37;1-11-5-13(24)21-14(20-11)22-15(25)18-9-17(4)7-12(19-10-23)6-16(2,3)8-17;1-13-16(4,5)14-15(2,3)10-6-8-12-9-7-11;;;;;;;;/h19-21,32-33H,14-18,22-29H2,1-13H3,(H,52,62)(H2,46,51,59)(H3,47,49,53,57,60)(H3,48,50,54,55,58,61);5,12H,6-9H2,1-4H3,(H3,18,20,21,22,24,25);12H,6-11H2,1-5H3;8*1H4. The molecular weight excluding hydrogens is 1530 g/mol. The summed E-state index contributed by atoms with van der Waals surface area (Å²) in [5.74, 6) is 0.496. The van der Waals surface area contributed by atoms with E-state index in [1.165, 1.54) is 30.3 Å². The van der Waals surface area contributed by atoms with Crippen LogP contribution in [0.4, 0.5) is 41.7 Å². The summed E-state index contributed by atoms with van der Waals surface area (Å²) in [5.41, 5.74) is 5.09. The number of nitrogens with two attached hydrogens (primary N) is 1. The monoisotopic (exact) mass is 1700 g/mol. The van der Waals surface area contributed by atoms with Crippen molar-refractivity contribution in [2.24, 2.45) is 43.2 Å². The van der Waals surface area contributed by atoms with Gasteiger partial charge < -0.3 is 69.9 Å². The average Bonchev–Trinajstić information content (AvgIpc) is 0.809. The Morgan fingerprint density at radius 1 is 0.530 bits per heavy atom. The van der Waals surface area contributed by atoms with Crippen molar-refractivity contribution in [1.29, 1.82) is 0 Å². The molecule has 3 aliphatic rings. The zero-order chi connectivity index (χ0) is 80.6. The molecule has 115 heavy (non-hydrogen) atoms. The summed E-state index contributed by atoms with van der Waals surface area (Å²) in [4.78, 5) is 133. The van der Waals surface area contributed by atoms with Gasteiger partial charge in [0.05, 0.1) is 6.04 Å². The second-order valence-electron chi connectivity index (χ2n) is 35.3. The average molecular weight is 1700 g/mol. The Balaban J connectivity index is -0.000000678. The van der Waals surface area contributed by atoms with Crippen molar-refractivity contribution in [3.05, 3.63) is 72.3 Å². The molecule has 6 unspecified atom stereocenters. The highest BCUT2D eigenvalue weighted by atomic mass is 28.4. The van der Waals surface area contributed by atoms with E-state index in [2.05, 4.69) is 185 Å². The fourth-order valence-electron chi connectivity index (χ4n) is 16.2. The highest BCUT2D eigenvalue weighted by Gasteiger charge is 2.45. The highest BCUT2D eigenvalue weighted by molar-refractivity contribution is 6.82. The van der Waals surface area contributed by atoms with Gasteiger partial charge in [-0.25, -0.2) is 43.7 Å². The summed E-state index contributed by atoms with van der Waals surface area (Å²) >= 11 is 0. The van der Waals surface area contributed by atoms with Gasteiger partial charge in [-0.1, -0.05) is 122 Å². The maximum absolute atomic E-state index is 14.3. The van der Waals surface area contributed by atoms with Crippen LogP contribution in [0.25, 0.3) is 0 Å². The quantitative estimate of drug-likeness (QED) is 0.0123. The van der Waals surface area contributed by atoms with Crippen LogP contribution in [0.2, 0.25) is 64.5 Å². The van der Waals surface area contributed by atoms with Crippen LogP contribution in [0.15, 0.2) is 43.6 Å². The number of rotatable bonds is 31. The van der Waals surface area contributed by atoms with Gasteiger partial charge in [0.15, 0.2) is 22.1 Å². The molecule has 10 amide bonds. The lowest BCUT2D eigenvalue weighted by atomic mass is 9.62. The number of amides is 10. The van der Waals surface area contributed by atoms with Gasteiger partial charge in [0.2, 0.25) is 18.0 Å². The van der Waals surface area contributed by atoms with E-state index in [-0.39, 0.29) is 164 Å². The Hall–Kier alpha value is -6.93. The number of nitrogens with zero attached hydrogens (tertiary/aromatic N) is 4. The lowest BCUT2D eigenvalue weighted by molar-refractivity contribution is 0.0723. The van der Waals surface area contributed by atoms with Crippen LogP contribution in [-0.2, 0) is 21.9 Å². The number of pyridine rings is 1. The van der Waals surface area contributed by atoms with Crippen molar-refractivity contribution < 1.29 is 45.8 Å². The number of aromatic amines is 3. The number of aryl methyl sites for hydroxylation is 3. The van der Waals surface area contributed by atoms with Crippen molar-refractivity contribution in [1.82, 2.24) is 67.0 Å². The van der Waals surface area contributed by atoms with Gasteiger partial charge in [-0.3, -0.25) is 40.3 Å². The first-order valence-electron chi connectivity index (χ1n) is 37.5. The van der Waals surface area contributed by atoms with Gasteiger partial charge >= 0.3 is 47.3 Å². The van der Waals surface area contributed by atoms with E-state index in [9.17, 15) is 43.2 Å². The summed E-state index contributed by atoms with van der Waals surface area (Å²) in [6.07, 6.45) is 10.4. The van der Waals surface area contributed by atoms with Crippen molar-refractivity contribution in [2.75, 3.05) is 89.1 Å². The minimum atomic E-state index is -2.27. The second kappa shape index (κ2) is 50.7. The Kier molecular flexibility index (Phi) is 51.5. The number of hydrogen-bond acceptors (Lipinski definition) is 18. The first kappa shape index (κ1) is 117. The molecule has 0 bridgehead atoms. The molecule has 15 N–H and O–H groups in total. The molecule has 0 spiro atoms. The predicted octanol–water partition coefficient (Wildman–Crippen LogP) is 15.2. The van der Waals surface area contributed by atoms with Crippen LogP contribution >= 0.6 is 0 Å². The fourth-order valence-corrected chi connectivity index (χ4v) is 30.4. The maximum Gasteiger partial charge on any atom is 0.321 e. The Morgan fingerprint density at radius 2 is 0.948 bits per heavy atom. The fraction of sp³-hybridized carbons (Fsp3) is 0.762. The third kappa shape index (κ3) is 45.6. The lowest BCUT2D eigenvalue weighted by Gasteiger charge is -2.47. The number of aliphatic imine (C=N–C) groups is 1. The van der Waals surface area contributed by atoms with Gasteiger partial charge in [0.25, 0.3) is 11.1 Å². The van der Waals surface area contributed by atoms with Crippen molar-refractivity contribution in [2.45, 2.75) is 296 Å². The van der Waals surface area contributed by atoms with E-state index in [1.807, 2.05) is 13.1 Å². The second-order valence-corrected chi connectivity index (χ2v) is 51.4. The summed E-state index contributed by atoms with van der Waals surface area (Å²) in [7, 11) is -4.38. The molecule has 0 aromatic carbocycles. The predicted molar refractivity (Wildman–Crippen MR) is 486 cm³/mol. The Morgan fingerprint density at radius 3 is 1.37 bits per heavy atom. The number of H-pyrrole nitrogens is 3. The third-order valence-corrected chi connectivity index (χ3v) is 32.7. The molecule has 6 rings (SSSR count). The topological polar surface area (TPSA) is 426 Å². The van der Waals surface area contributed by atoms with Crippen molar-refractivity contribution >= 4 is 87.7 Å². The van der Waals surface area contributed by atoms with Gasteiger partial charge in [-0.05, 0) is 195 Å². The molecule has 0 aliphatic heterocycles. The van der Waals surface area contributed by atoms with Crippen LogP contribution < -0.4 is 75.4 Å². The van der Waals surface area contributed by atoms with E-state index < -0.39 is 51.8 Å². The number of hydrogen-bond donors (Lipinski definition) is 14. The summed E-state index contributed by atoms with van der Waals surface area (Å²) in [6.45, 7) is 46.3. The smallest absolute Gasteiger partial charge is 0.321 e. The third-order valence-electron chi connectivity index (χ3n) is 19.3. The molecule has 3 fully saturated rings. The van der Waals surface area contributed by atoms with E-state index in [0.717, 1.165) is 64.1 Å². The summed E-state index contributed by atoms with van der Waals surface area (Å²) in [5, 5.41) is 29.4. The molecule has 0 radical (unpaired) electrons. The van der Waals surface area contributed by atoms with Crippen LogP contribution in [0.3, 0.4) is 0 Å². The summed E-state index contributed by atoms with van der Waals surface area (Å²) < 4.78 is 23.8. The number of carbonyl (C=O) groups is 5. The minimum absolute atomic E-state index is 0. The van der Waals surface area contributed by atoms with Crippen LogP contribution in [0.1, 0.15) is 209 Å². The van der Waals surface area contributed by atoms with Gasteiger partial charge in [-0.15, -0.1) is 0 Å². The molecule has 31 nitrogen and oxygen atoms in total.